The highest BCUT2D eigenvalue weighted by Gasteiger charge is 2.25. The summed E-state index contributed by atoms with van der Waals surface area (Å²) in [5.41, 5.74) is 0. The fourth-order valence-corrected chi connectivity index (χ4v) is 0.878. The van der Waals surface area contributed by atoms with Crippen molar-refractivity contribution in [3.63, 3.8) is 0 Å². The zero-order valence-electron chi connectivity index (χ0n) is 7.20. The first kappa shape index (κ1) is 10.6. The average molecular weight is 173 g/mol. The van der Waals surface area contributed by atoms with Crippen molar-refractivity contribution in [3.8, 4) is 0 Å². The summed E-state index contributed by atoms with van der Waals surface area (Å²) in [6.07, 6.45) is 0. The highest BCUT2D eigenvalue weighted by Crippen LogP contribution is 2.00. The van der Waals surface area contributed by atoms with Crippen molar-refractivity contribution in [1.29, 1.82) is 0 Å². The smallest absolute Gasteiger partial charge is 0.326 e. The van der Waals surface area contributed by atoms with Crippen LogP contribution in [0.1, 0.15) is 20.8 Å². The quantitative estimate of drug-likeness (QED) is 0.630. The molecular weight excluding hydrogens is 162 g/mol. The first-order valence-corrected chi connectivity index (χ1v) is 3.41. The van der Waals surface area contributed by atoms with E-state index in [0.29, 0.717) is 4.90 Å². The van der Waals surface area contributed by atoms with Crippen LogP contribution in [-0.2, 0) is 14.4 Å². The van der Waals surface area contributed by atoms with Gasteiger partial charge in [0.2, 0.25) is 11.8 Å². The molecule has 0 fully saturated rings. The lowest BCUT2D eigenvalue weighted by molar-refractivity contribution is -0.155. The molecule has 0 bridgehead atoms. The molecular formula is C7H11NO4. The molecule has 0 aliphatic rings. The lowest BCUT2D eigenvalue weighted by Crippen LogP contribution is -2.44. The fourth-order valence-electron chi connectivity index (χ4n) is 0.878. The Morgan fingerprint density at radius 3 is 1.58 bits per heavy atom. The van der Waals surface area contributed by atoms with Crippen LogP contribution in [-0.4, -0.2) is 33.8 Å². The normalized spacial score (nSPS) is 11.9. The van der Waals surface area contributed by atoms with E-state index in [1.807, 2.05) is 0 Å². The van der Waals surface area contributed by atoms with Crippen LogP contribution < -0.4 is 0 Å². The van der Waals surface area contributed by atoms with Gasteiger partial charge in [-0.3, -0.25) is 14.5 Å². The van der Waals surface area contributed by atoms with E-state index < -0.39 is 23.8 Å². The van der Waals surface area contributed by atoms with Crippen LogP contribution >= 0.6 is 0 Å². The zero-order chi connectivity index (χ0) is 9.89. The van der Waals surface area contributed by atoms with Gasteiger partial charge in [0.15, 0.2) is 0 Å². The molecule has 0 aromatic carbocycles. The SMILES string of the molecule is CC(=O)N(C(C)=O)[C@@H](C)C(=O)O. The minimum absolute atomic E-state index is 0.558. The minimum Gasteiger partial charge on any atom is -0.480 e. The standard InChI is InChI=1S/C7H11NO4/c1-4(7(11)12)8(5(2)9)6(3)10/h4H,1-3H3,(H,11,12)/t4-/m0/s1. The molecule has 0 saturated heterocycles. The number of amides is 2. The molecule has 12 heavy (non-hydrogen) atoms. The number of carbonyl (C=O) groups is 3. The third-order valence-electron chi connectivity index (χ3n) is 1.42. The van der Waals surface area contributed by atoms with Gasteiger partial charge in [-0.25, -0.2) is 4.79 Å². The van der Waals surface area contributed by atoms with Crippen molar-refractivity contribution in [2.75, 3.05) is 0 Å². The summed E-state index contributed by atoms with van der Waals surface area (Å²) in [6, 6.07) is -1.10. The third-order valence-corrected chi connectivity index (χ3v) is 1.42. The number of carbonyl (C=O) groups excluding carboxylic acids is 2. The lowest BCUT2D eigenvalue weighted by Gasteiger charge is -2.20. The summed E-state index contributed by atoms with van der Waals surface area (Å²) in [7, 11) is 0. The van der Waals surface area contributed by atoms with Crippen LogP contribution in [0.15, 0.2) is 0 Å². The third kappa shape index (κ3) is 2.34. The molecule has 1 N–H and O–H groups in total. The second-order valence-corrected chi connectivity index (χ2v) is 2.42. The van der Waals surface area contributed by atoms with E-state index in [2.05, 4.69) is 0 Å². The summed E-state index contributed by atoms with van der Waals surface area (Å²) in [6.45, 7) is 3.59. The van der Waals surface area contributed by atoms with Gasteiger partial charge in [0.1, 0.15) is 6.04 Å². The zero-order valence-corrected chi connectivity index (χ0v) is 7.20. The van der Waals surface area contributed by atoms with Crippen molar-refractivity contribution in [2.24, 2.45) is 0 Å². The molecule has 2 amide bonds. The Labute approximate surface area is 70.0 Å². The van der Waals surface area contributed by atoms with E-state index in [1.54, 1.807) is 0 Å². The number of rotatable bonds is 2. The Morgan fingerprint density at radius 2 is 1.50 bits per heavy atom. The van der Waals surface area contributed by atoms with Gasteiger partial charge in [-0.15, -0.1) is 0 Å². The second kappa shape index (κ2) is 3.85. The van der Waals surface area contributed by atoms with Gasteiger partial charge in [-0.05, 0) is 6.92 Å². The average Bonchev–Trinajstić information content (AvgIpc) is 1.85. The minimum atomic E-state index is -1.19. The Hall–Kier alpha value is -1.39. The van der Waals surface area contributed by atoms with Crippen LogP contribution in [0.25, 0.3) is 0 Å². The molecule has 0 saturated carbocycles. The van der Waals surface area contributed by atoms with Gasteiger partial charge in [0.25, 0.3) is 0 Å². The van der Waals surface area contributed by atoms with Crippen LogP contribution in [0, 0.1) is 0 Å². The van der Waals surface area contributed by atoms with Gasteiger partial charge in [-0.2, -0.15) is 0 Å². The van der Waals surface area contributed by atoms with Crippen molar-refractivity contribution >= 4 is 17.8 Å². The number of hydrogen-bond acceptors (Lipinski definition) is 3. The van der Waals surface area contributed by atoms with Crippen LogP contribution in [0.3, 0.4) is 0 Å². The van der Waals surface area contributed by atoms with E-state index in [4.69, 9.17) is 5.11 Å². The number of carboxylic acids is 1. The summed E-state index contributed by atoms with van der Waals surface area (Å²) in [5.74, 6) is -2.31. The molecule has 0 aliphatic heterocycles. The molecule has 0 aliphatic carbocycles. The summed E-state index contributed by atoms with van der Waals surface area (Å²) in [4.78, 5) is 32.6. The van der Waals surface area contributed by atoms with Gasteiger partial charge in [0, 0.05) is 13.8 Å². The highest BCUT2D eigenvalue weighted by molar-refractivity contribution is 5.97. The van der Waals surface area contributed by atoms with Gasteiger partial charge >= 0.3 is 5.97 Å². The topological polar surface area (TPSA) is 74.7 Å². The van der Waals surface area contributed by atoms with E-state index in [0.717, 1.165) is 13.8 Å². The molecule has 0 aromatic heterocycles. The molecule has 0 radical (unpaired) electrons. The molecule has 0 aromatic rings. The highest BCUT2D eigenvalue weighted by atomic mass is 16.4. The van der Waals surface area contributed by atoms with E-state index >= 15 is 0 Å². The lowest BCUT2D eigenvalue weighted by atomic mass is 10.3. The van der Waals surface area contributed by atoms with Gasteiger partial charge in [0.05, 0.1) is 0 Å². The molecule has 1 atom stereocenters. The van der Waals surface area contributed by atoms with E-state index in [-0.39, 0.29) is 0 Å². The largest absolute Gasteiger partial charge is 0.480 e. The van der Waals surface area contributed by atoms with Gasteiger partial charge in [-0.1, -0.05) is 0 Å². The number of aliphatic carboxylic acids is 1. The number of imide groups is 1. The predicted molar refractivity (Wildman–Crippen MR) is 40.3 cm³/mol. The molecule has 0 heterocycles. The Morgan fingerprint density at radius 1 is 1.17 bits per heavy atom. The maximum Gasteiger partial charge on any atom is 0.326 e. The Bertz CT molecular complexity index is 209. The first-order valence-electron chi connectivity index (χ1n) is 3.41. The Balaban J connectivity index is 4.63. The van der Waals surface area contributed by atoms with Crippen molar-refractivity contribution in [3.05, 3.63) is 0 Å². The summed E-state index contributed by atoms with van der Waals surface area (Å²) in [5, 5.41) is 8.50. The first-order chi connectivity index (χ1) is 5.37. The van der Waals surface area contributed by atoms with E-state index in [1.165, 1.54) is 6.92 Å². The van der Waals surface area contributed by atoms with Crippen molar-refractivity contribution < 1.29 is 19.5 Å². The molecule has 5 heteroatoms. The molecule has 68 valence electrons. The van der Waals surface area contributed by atoms with Crippen molar-refractivity contribution in [2.45, 2.75) is 26.8 Å². The molecule has 5 nitrogen and oxygen atoms in total. The molecule has 0 rings (SSSR count). The number of nitrogens with zero attached hydrogens (tertiary/aromatic N) is 1. The van der Waals surface area contributed by atoms with Crippen LogP contribution in [0.2, 0.25) is 0 Å². The molecule has 0 spiro atoms. The van der Waals surface area contributed by atoms with Crippen molar-refractivity contribution in [1.82, 2.24) is 4.90 Å². The maximum absolute atomic E-state index is 10.8. The van der Waals surface area contributed by atoms with Crippen LogP contribution in [0.5, 0.6) is 0 Å². The van der Waals surface area contributed by atoms with Crippen LogP contribution in [0.4, 0.5) is 0 Å². The molecule has 0 unspecified atom stereocenters. The predicted octanol–water partition coefficient (Wildman–Crippen LogP) is -0.145. The van der Waals surface area contributed by atoms with E-state index in [9.17, 15) is 14.4 Å². The number of hydrogen-bond donors (Lipinski definition) is 1. The number of carboxylic acid groups (broad SMARTS) is 1. The maximum atomic E-state index is 10.8. The van der Waals surface area contributed by atoms with Gasteiger partial charge < -0.3 is 5.11 Å². The Kier molecular flexibility index (Phi) is 3.40. The monoisotopic (exact) mass is 173 g/mol. The second-order valence-electron chi connectivity index (χ2n) is 2.42. The summed E-state index contributed by atoms with van der Waals surface area (Å²) >= 11 is 0. The fraction of sp³-hybridized carbons (Fsp3) is 0.571. The summed E-state index contributed by atoms with van der Waals surface area (Å²) < 4.78 is 0.